The average Bonchev–Trinajstić information content (AvgIpc) is 3.49. The van der Waals surface area contributed by atoms with Crippen molar-refractivity contribution >= 4 is 17.9 Å². The number of rotatable bonds is 60. The molecule has 0 radical (unpaired) electrons. The van der Waals surface area contributed by atoms with Crippen LogP contribution in [0.4, 0.5) is 0 Å². The summed E-state index contributed by atoms with van der Waals surface area (Å²) in [5.41, 5.74) is 0. The van der Waals surface area contributed by atoms with Crippen molar-refractivity contribution < 1.29 is 28.6 Å². The summed E-state index contributed by atoms with van der Waals surface area (Å²) < 4.78 is 16.8. The van der Waals surface area contributed by atoms with E-state index < -0.39 is 6.10 Å². The van der Waals surface area contributed by atoms with E-state index in [1.807, 2.05) is 0 Å². The van der Waals surface area contributed by atoms with E-state index in [2.05, 4.69) is 179 Å². The maximum atomic E-state index is 12.9. The Balaban J connectivity index is 4.22. The van der Waals surface area contributed by atoms with Crippen LogP contribution in [0, 0.1) is 0 Å². The molecule has 0 aromatic carbocycles. The minimum absolute atomic E-state index is 0.113. The SMILES string of the molecule is CC/C=C\C/C=C\C/C=C\C/C=C\C/C=C\CCCCCCCCCCCCCCCCCCCCCC(=O)OCC(COC(=O)CCCCC/C=C\C/C=C\C/C=C\CC)OC(=O)CCC/C=C\C/C=C\C/C=C\C/C=C\C/C=C\CC. The molecule has 0 heterocycles. The highest BCUT2D eigenvalue weighted by atomic mass is 16.6. The first-order valence-corrected chi connectivity index (χ1v) is 34.0. The lowest BCUT2D eigenvalue weighted by Gasteiger charge is -2.18. The van der Waals surface area contributed by atoms with Crippen molar-refractivity contribution in [3.8, 4) is 0 Å². The largest absolute Gasteiger partial charge is 0.462 e. The summed E-state index contributed by atoms with van der Waals surface area (Å²) >= 11 is 0. The lowest BCUT2D eigenvalue weighted by atomic mass is 10.0. The standard InChI is InChI=1S/C77H124O6/c1-4-7-10-13-16-19-22-25-27-29-30-31-32-33-34-35-36-37-38-39-40-41-42-43-44-45-46-48-49-52-55-58-61-64-67-70-76(79)82-73-74(72-81-75(78)69-66-63-60-57-54-51-24-21-18-15-12-9-6-3)83-77(80)71-68-65-62-59-56-53-50-47-28-26-23-20-17-14-11-8-5-2/h7-12,16-21,25-28,30-31,33-34,50-51,53-54,59,62,74H,4-6,13-15,22-24,29,32,35-49,52,55-58,60-61,63-73H2,1-3H3/b10-7-,11-8-,12-9-,19-16-,20-17-,21-18-,27-25-,28-26-,31-30-,34-33-,53-50-,54-51-,62-59-. The summed E-state index contributed by atoms with van der Waals surface area (Å²) in [4.78, 5) is 38.3. The molecule has 0 fully saturated rings. The van der Waals surface area contributed by atoms with Gasteiger partial charge in [0.15, 0.2) is 6.10 Å². The van der Waals surface area contributed by atoms with E-state index in [0.717, 1.165) is 135 Å². The van der Waals surface area contributed by atoms with Gasteiger partial charge in [-0.2, -0.15) is 0 Å². The molecular formula is C77H124O6. The number of carbonyl (C=O) groups is 3. The summed E-state index contributed by atoms with van der Waals surface area (Å²) in [5.74, 6) is -1.00. The molecule has 0 aliphatic heterocycles. The topological polar surface area (TPSA) is 78.9 Å². The second kappa shape index (κ2) is 69.5. The average molecular weight is 1150 g/mol. The van der Waals surface area contributed by atoms with Crippen molar-refractivity contribution in [2.75, 3.05) is 13.2 Å². The highest BCUT2D eigenvalue weighted by molar-refractivity contribution is 5.71. The first-order valence-electron chi connectivity index (χ1n) is 34.0. The van der Waals surface area contributed by atoms with Gasteiger partial charge >= 0.3 is 17.9 Å². The Morgan fingerprint density at radius 3 is 0.723 bits per heavy atom. The van der Waals surface area contributed by atoms with Crippen LogP contribution in [-0.4, -0.2) is 37.2 Å². The first kappa shape index (κ1) is 78.0. The van der Waals surface area contributed by atoms with Gasteiger partial charge in [0.2, 0.25) is 0 Å². The van der Waals surface area contributed by atoms with Gasteiger partial charge in [-0.3, -0.25) is 14.4 Å². The maximum Gasteiger partial charge on any atom is 0.306 e. The van der Waals surface area contributed by atoms with Crippen LogP contribution in [0.2, 0.25) is 0 Å². The molecule has 0 rings (SSSR count). The Hall–Kier alpha value is -4.97. The number of esters is 3. The first-order chi connectivity index (χ1) is 41.0. The Morgan fingerprint density at radius 1 is 0.241 bits per heavy atom. The molecule has 1 atom stereocenters. The number of ether oxygens (including phenoxy) is 3. The van der Waals surface area contributed by atoms with E-state index in [0.29, 0.717) is 19.3 Å². The zero-order valence-corrected chi connectivity index (χ0v) is 53.7. The van der Waals surface area contributed by atoms with Crippen LogP contribution in [0.5, 0.6) is 0 Å². The third-order valence-electron chi connectivity index (χ3n) is 14.0. The zero-order chi connectivity index (χ0) is 59.9. The summed E-state index contributed by atoms with van der Waals surface area (Å²) in [6.45, 7) is 6.23. The molecule has 468 valence electrons. The van der Waals surface area contributed by atoms with Crippen LogP contribution in [0.25, 0.3) is 0 Å². The van der Waals surface area contributed by atoms with Gasteiger partial charge in [0, 0.05) is 19.3 Å². The molecule has 0 N–H and O–H groups in total. The molecule has 0 saturated heterocycles. The van der Waals surface area contributed by atoms with E-state index in [4.69, 9.17) is 14.2 Å². The molecule has 6 nitrogen and oxygen atoms in total. The van der Waals surface area contributed by atoms with Crippen LogP contribution >= 0.6 is 0 Å². The molecular weight excluding hydrogens is 1020 g/mol. The van der Waals surface area contributed by atoms with Gasteiger partial charge in [-0.25, -0.2) is 0 Å². The second-order valence-corrected chi connectivity index (χ2v) is 21.9. The molecule has 0 bridgehead atoms. The third kappa shape index (κ3) is 67.7. The van der Waals surface area contributed by atoms with Crippen molar-refractivity contribution in [1.82, 2.24) is 0 Å². The molecule has 1 unspecified atom stereocenters. The molecule has 0 aliphatic carbocycles. The molecule has 0 aliphatic rings. The quantitative estimate of drug-likeness (QED) is 0.0261. The Morgan fingerprint density at radius 2 is 0.446 bits per heavy atom. The summed E-state index contributed by atoms with van der Waals surface area (Å²) in [5, 5.41) is 0. The monoisotopic (exact) mass is 1140 g/mol. The van der Waals surface area contributed by atoms with Gasteiger partial charge < -0.3 is 14.2 Å². The van der Waals surface area contributed by atoms with Gasteiger partial charge in [-0.15, -0.1) is 0 Å². The number of carbonyl (C=O) groups excluding carboxylic acids is 3. The molecule has 0 saturated carbocycles. The van der Waals surface area contributed by atoms with Crippen LogP contribution < -0.4 is 0 Å². The van der Waals surface area contributed by atoms with Crippen molar-refractivity contribution in [2.45, 2.75) is 297 Å². The van der Waals surface area contributed by atoms with E-state index in [-0.39, 0.29) is 37.5 Å². The van der Waals surface area contributed by atoms with Crippen molar-refractivity contribution in [2.24, 2.45) is 0 Å². The fourth-order valence-corrected chi connectivity index (χ4v) is 9.05. The van der Waals surface area contributed by atoms with E-state index >= 15 is 0 Å². The number of hydrogen-bond donors (Lipinski definition) is 0. The molecule has 0 aromatic heterocycles. The van der Waals surface area contributed by atoms with Gasteiger partial charge in [-0.05, 0) is 135 Å². The zero-order valence-electron chi connectivity index (χ0n) is 53.7. The second-order valence-electron chi connectivity index (χ2n) is 21.9. The normalized spacial score (nSPS) is 13.1. The van der Waals surface area contributed by atoms with E-state index in [1.54, 1.807) is 0 Å². The molecule has 0 amide bonds. The van der Waals surface area contributed by atoms with E-state index in [9.17, 15) is 14.4 Å². The van der Waals surface area contributed by atoms with Crippen LogP contribution in [0.3, 0.4) is 0 Å². The lowest BCUT2D eigenvalue weighted by Crippen LogP contribution is -2.30. The van der Waals surface area contributed by atoms with Crippen LogP contribution in [0.1, 0.15) is 290 Å². The highest BCUT2D eigenvalue weighted by Gasteiger charge is 2.19. The fraction of sp³-hybridized carbons (Fsp3) is 0.623. The van der Waals surface area contributed by atoms with E-state index in [1.165, 1.54) is 109 Å². The van der Waals surface area contributed by atoms with Crippen LogP contribution in [0.15, 0.2) is 158 Å². The van der Waals surface area contributed by atoms with Crippen molar-refractivity contribution in [3.63, 3.8) is 0 Å². The molecule has 0 aromatic rings. The minimum atomic E-state index is -0.825. The van der Waals surface area contributed by atoms with Gasteiger partial charge in [-0.1, -0.05) is 294 Å². The van der Waals surface area contributed by atoms with Crippen molar-refractivity contribution in [1.29, 1.82) is 0 Å². The van der Waals surface area contributed by atoms with Crippen LogP contribution in [-0.2, 0) is 28.6 Å². The summed E-state index contributed by atoms with van der Waals surface area (Å²) in [6.07, 6.45) is 101. The molecule has 83 heavy (non-hydrogen) atoms. The van der Waals surface area contributed by atoms with Gasteiger partial charge in [0.25, 0.3) is 0 Å². The Kier molecular flexibility index (Phi) is 65.4. The predicted octanol–water partition coefficient (Wildman–Crippen LogP) is 23.7. The summed E-state index contributed by atoms with van der Waals surface area (Å²) in [7, 11) is 0. The van der Waals surface area contributed by atoms with Gasteiger partial charge in [0.1, 0.15) is 13.2 Å². The fourth-order valence-electron chi connectivity index (χ4n) is 9.05. The number of allylic oxidation sites excluding steroid dienone is 26. The number of hydrogen-bond acceptors (Lipinski definition) is 6. The predicted molar refractivity (Wildman–Crippen MR) is 362 cm³/mol. The van der Waals surface area contributed by atoms with Gasteiger partial charge in [0.05, 0.1) is 0 Å². The Labute approximate surface area is 511 Å². The highest BCUT2D eigenvalue weighted by Crippen LogP contribution is 2.16. The summed E-state index contributed by atoms with van der Waals surface area (Å²) in [6, 6.07) is 0. The minimum Gasteiger partial charge on any atom is -0.462 e. The third-order valence-corrected chi connectivity index (χ3v) is 14.0. The molecule has 6 heteroatoms. The smallest absolute Gasteiger partial charge is 0.306 e. The lowest BCUT2D eigenvalue weighted by molar-refractivity contribution is -0.167. The number of unbranched alkanes of at least 4 members (excludes halogenated alkanes) is 23. The van der Waals surface area contributed by atoms with Crippen molar-refractivity contribution in [3.05, 3.63) is 158 Å². The maximum absolute atomic E-state index is 12.9. The Bertz CT molecular complexity index is 1840. The molecule has 0 spiro atoms.